The molecule has 0 spiro atoms. The Labute approximate surface area is 158 Å². The molecule has 1 N–H and O–H groups in total. The maximum Gasteiger partial charge on any atom is 0.278 e. The molecular formula is C19H28N4O2S. The molecule has 0 atom stereocenters. The predicted octanol–water partition coefficient (Wildman–Crippen LogP) is 2.94. The van der Waals surface area contributed by atoms with Gasteiger partial charge in [-0.1, -0.05) is 38.5 Å². The molecule has 1 aliphatic carbocycles. The van der Waals surface area contributed by atoms with Crippen molar-refractivity contribution in [3.05, 3.63) is 22.1 Å². The van der Waals surface area contributed by atoms with Gasteiger partial charge in [-0.15, -0.1) is 0 Å². The summed E-state index contributed by atoms with van der Waals surface area (Å²) < 4.78 is 3.55. The van der Waals surface area contributed by atoms with Crippen LogP contribution in [-0.2, 0) is 17.9 Å². The van der Waals surface area contributed by atoms with Crippen molar-refractivity contribution in [2.24, 2.45) is 5.92 Å². The summed E-state index contributed by atoms with van der Waals surface area (Å²) in [5.74, 6) is 0.314. The molecule has 2 heterocycles. The number of fused-ring (bicyclic) bond motifs is 1. The molecular weight excluding hydrogens is 348 g/mol. The van der Waals surface area contributed by atoms with Crippen LogP contribution in [0.4, 0.5) is 0 Å². The zero-order valence-electron chi connectivity index (χ0n) is 16.0. The number of hydrogen-bond donors (Lipinski definition) is 1. The SMILES string of the molecule is CSc1nc2cc(C)n(CC(=O)NC3CCCC3)c2c(=O)n1CC(C)C. The van der Waals surface area contributed by atoms with Crippen molar-refractivity contribution in [2.75, 3.05) is 6.26 Å². The normalized spacial score (nSPS) is 15.3. The van der Waals surface area contributed by atoms with E-state index in [1.165, 1.54) is 24.6 Å². The molecule has 0 unspecified atom stereocenters. The summed E-state index contributed by atoms with van der Waals surface area (Å²) in [5, 5.41) is 3.83. The molecule has 0 radical (unpaired) electrons. The van der Waals surface area contributed by atoms with Gasteiger partial charge in [-0.3, -0.25) is 14.2 Å². The number of carbonyl (C=O) groups is 1. The van der Waals surface area contributed by atoms with Crippen molar-refractivity contribution in [1.29, 1.82) is 0 Å². The second-order valence-electron chi connectivity index (χ2n) is 7.56. The first-order valence-electron chi connectivity index (χ1n) is 9.34. The summed E-state index contributed by atoms with van der Waals surface area (Å²) >= 11 is 1.48. The third kappa shape index (κ3) is 3.82. The smallest absolute Gasteiger partial charge is 0.278 e. The van der Waals surface area contributed by atoms with Gasteiger partial charge in [-0.25, -0.2) is 4.98 Å². The monoisotopic (exact) mass is 376 g/mol. The molecule has 1 aliphatic rings. The summed E-state index contributed by atoms with van der Waals surface area (Å²) in [5.41, 5.74) is 2.03. The van der Waals surface area contributed by atoms with Crippen LogP contribution in [-0.4, -0.2) is 32.3 Å². The number of carbonyl (C=O) groups excluding carboxylic acids is 1. The van der Waals surface area contributed by atoms with Gasteiger partial charge in [0.25, 0.3) is 5.56 Å². The average molecular weight is 377 g/mol. The van der Waals surface area contributed by atoms with Crippen molar-refractivity contribution >= 4 is 28.7 Å². The van der Waals surface area contributed by atoms with Crippen molar-refractivity contribution < 1.29 is 4.79 Å². The van der Waals surface area contributed by atoms with Crippen molar-refractivity contribution in [3.8, 4) is 0 Å². The standard InChI is InChI=1S/C19H28N4O2S/c1-12(2)10-23-18(25)17-15(21-19(23)26-4)9-13(3)22(17)11-16(24)20-14-7-5-6-8-14/h9,12,14H,5-8,10-11H2,1-4H3,(H,20,24). The number of hydrogen-bond acceptors (Lipinski definition) is 4. The fourth-order valence-corrected chi connectivity index (χ4v) is 4.29. The van der Waals surface area contributed by atoms with Gasteiger partial charge in [0.1, 0.15) is 12.1 Å². The maximum absolute atomic E-state index is 13.2. The van der Waals surface area contributed by atoms with E-state index in [1.54, 1.807) is 4.57 Å². The second-order valence-corrected chi connectivity index (χ2v) is 8.34. The van der Waals surface area contributed by atoms with E-state index in [0.717, 1.165) is 23.7 Å². The molecule has 0 saturated heterocycles. The molecule has 7 heteroatoms. The topological polar surface area (TPSA) is 68.9 Å². The minimum absolute atomic E-state index is 0.0266. The van der Waals surface area contributed by atoms with E-state index < -0.39 is 0 Å². The van der Waals surface area contributed by atoms with Gasteiger partial charge in [0.2, 0.25) is 5.91 Å². The van der Waals surface area contributed by atoms with Crippen molar-refractivity contribution in [1.82, 2.24) is 19.4 Å². The molecule has 2 aromatic rings. The summed E-state index contributed by atoms with van der Waals surface area (Å²) in [6.07, 6.45) is 6.40. The highest BCUT2D eigenvalue weighted by atomic mass is 32.2. The van der Waals surface area contributed by atoms with Crippen LogP contribution in [0.25, 0.3) is 11.0 Å². The summed E-state index contributed by atoms with van der Waals surface area (Å²) in [6.45, 7) is 6.88. The van der Waals surface area contributed by atoms with Gasteiger partial charge in [-0.05, 0) is 38.0 Å². The number of amides is 1. The molecule has 0 aliphatic heterocycles. The van der Waals surface area contributed by atoms with Gasteiger partial charge in [0.05, 0.1) is 5.52 Å². The molecule has 142 valence electrons. The van der Waals surface area contributed by atoms with Crippen LogP contribution in [0.5, 0.6) is 0 Å². The van der Waals surface area contributed by atoms with Gasteiger partial charge in [0, 0.05) is 18.3 Å². The number of rotatable bonds is 6. The van der Waals surface area contributed by atoms with E-state index >= 15 is 0 Å². The van der Waals surface area contributed by atoms with Gasteiger partial charge in [-0.2, -0.15) is 0 Å². The molecule has 1 saturated carbocycles. The zero-order valence-corrected chi connectivity index (χ0v) is 16.9. The second kappa shape index (κ2) is 7.86. The number of nitrogens with one attached hydrogen (secondary N) is 1. The molecule has 0 aromatic carbocycles. The number of aromatic nitrogens is 3. The molecule has 6 nitrogen and oxygen atoms in total. The first-order valence-corrected chi connectivity index (χ1v) is 10.6. The lowest BCUT2D eigenvalue weighted by molar-refractivity contribution is -0.122. The Bertz CT molecular complexity index is 863. The van der Waals surface area contributed by atoms with Crippen molar-refractivity contribution in [2.45, 2.75) is 70.7 Å². The van der Waals surface area contributed by atoms with E-state index in [1.807, 2.05) is 23.8 Å². The largest absolute Gasteiger partial charge is 0.352 e. The van der Waals surface area contributed by atoms with Gasteiger partial charge >= 0.3 is 0 Å². The Morgan fingerprint density at radius 3 is 2.65 bits per heavy atom. The van der Waals surface area contributed by atoms with Gasteiger partial charge < -0.3 is 9.88 Å². The average Bonchev–Trinajstić information content (AvgIpc) is 3.18. The molecule has 1 amide bonds. The predicted molar refractivity (Wildman–Crippen MR) is 106 cm³/mol. The first-order chi connectivity index (χ1) is 12.4. The van der Waals surface area contributed by atoms with E-state index in [4.69, 9.17) is 0 Å². The maximum atomic E-state index is 13.2. The van der Waals surface area contributed by atoms with Crippen LogP contribution in [0.3, 0.4) is 0 Å². The van der Waals surface area contributed by atoms with Crippen LogP contribution in [0.15, 0.2) is 16.0 Å². The van der Waals surface area contributed by atoms with Gasteiger partial charge in [0.15, 0.2) is 5.16 Å². The highest BCUT2D eigenvalue weighted by Crippen LogP contribution is 2.21. The molecule has 2 aromatic heterocycles. The van der Waals surface area contributed by atoms with Crippen molar-refractivity contribution in [3.63, 3.8) is 0 Å². The lowest BCUT2D eigenvalue weighted by Crippen LogP contribution is -2.36. The fourth-order valence-electron chi connectivity index (χ4n) is 3.72. The fraction of sp³-hybridized carbons (Fsp3) is 0.632. The first kappa shape index (κ1) is 19.0. The summed E-state index contributed by atoms with van der Waals surface area (Å²) in [4.78, 5) is 30.3. The molecule has 3 rings (SSSR count). The Morgan fingerprint density at radius 2 is 2.04 bits per heavy atom. The lowest BCUT2D eigenvalue weighted by Gasteiger charge is -2.15. The summed E-state index contributed by atoms with van der Waals surface area (Å²) in [7, 11) is 0. The molecule has 26 heavy (non-hydrogen) atoms. The highest BCUT2D eigenvalue weighted by Gasteiger charge is 2.21. The summed E-state index contributed by atoms with van der Waals surface area (Å²) in [6, 6.07) is 2.18. The highest BCUT2D eigenvalue weighted by molar-refractivity contribution is 7.98. The van der Waals surface area contributed by atoms with Crippen LogP contribution in [0.2, 0.25) is 0 Å². The zero-order chi connectivity index (χ0) is 18.8. The minimum Gasteiger partial charge on any atom is -0.352 e. The van der Waals surface area contributed by atoms with E-state index in [2.05, 4.69) is 24.1 Å². The molecule has 0 bridgehead atoms. The Balaban J connectivity index is 1.98. The van der Waals surface area contributed by atoms with Crippen LogP contribution >= 0.6 is 11.8 Å². The van der Waals surface area contributed by atoms with E-state index in [9.17, 15) is 9.59 Å². The van der Waals surface area contributed by atoms with Crippen LogP contribution in [0.1, 0.15) is 45.2 Å². The Kier molecular flexibility index (Phi) is 5.75. The van der Waals surface area contributed by atoms with E-state index in [0.29, 0.717) is 23.5 Å². The van der Waals surface area contributed by atoms with E-state index in [-0.39, 0.29) is 24.1 Å². The Morgan fingerprint density at radius 1 is 1.35 bits per heavy atom. The number of nitrogens with zero attached hydrogens (tertiary/aromatic N) is 3. The number of aryl methyl sites for hydroxylation is 1. The lowest BCUT2D eigenvalue weighted by atomic mass is 10.2. The Hall–Kier alpha value is -1.76. The quantitative estimate of drug-likeness (QED) is 0.622. The van der Waals surface area contributed by atoms with Crippen LogP contribution < -0.4 is 10.9 Å². The number of thioether (sulfide) groups is 1. The minimum atomic E-state index is -0.0604. The third-order valence-electron chi connectivity index (χ3n) is 4.93. The molecule has 1 fully saturated rings. The third-order valence-corrected chi connectivity index (χ3v) is 5.61. The van der Waals surface area contributed by atoms with Crippen LogP contribution in [0, 0.1) is 12.8 Å².